The monoisotopic (exact) mass is 270 g/mol. The number of hydrogen-bond acceptors (Lipinski definition) is 2. The molecule has 110 valence electrons. The molecular formula is C14H26N2O3. The lowest BCUT2D eigenvalue weighted by Crippen LogP contribution is -2.42. The second-order valence-electron chi connectivity index (χ2n) is 5.33. The maximum atomic E-state index is 11.6. The summed E-state index contributed by atoms with van der Waals surface area (Å²) in [6.07, 6.45) is 6.92. The maximum Gasteiger partial charge on any atom is 0.314 e. The lowest BCUT2D eigenvalue weighted by molar-refractivity contribution is -0.144. The number of unbranched alkanes of at least 4 members (excludes halogenated alkanes) is 2. The van der Waals surface area contributed by atoms with Crippen LogP contribution in [0.25, 0.3) is 0 Å². The van der Waals surface area contributed by atoms with Gasteiger partial charge in [0.2, 0.25) is 0 Å². The molecular weight excluding hydrogens is 244 g/mol. The molecule has 0 aliphatic heterocycles. The van der Waals surface area contributed by atoms with Crippen LogP contribution in [-0.2, 0) is 4.79 Å². The van der Waals surface area contributed by atoms with E-state index in [1.165, 1.54) is 0 Å². The molecule has 3 N–H and O–H groups in total. The van der Waals surface area contributed by atoms with Gasteiger partial charge in [-0.25, -0.2) is 4.79 Å². The first-order valence-electron chi connectivity index (χ1n) is 7.39. The van der Waals surface area contributed by atoms with Crippen LogP contribution in [-0.4, -0.2) is 30.2 Å². The predicted molar refractivity (Wildman–Crippen MR) is 74.0 cm³/mol. The van der Waals surface area contributed by atoms with E-state index in [1.807, 2.05) is 0 Å². The number of carboxylic acids is 1. The van der Waals surface area contributed by atoms with Crippen molar-refractivity contribution in [1.82, 2.24) is 10.6 Å². The molecule has 1 rings (SSSR count). The molecule has 0 heterocycles. The highest BCUT2D eigenvalue weighted by molar-refractivity contribution is 5.74. The van der Waals surface area contributed by atoms with E-state index < -0.39 is 5.97 Å². The van der Waals surface area contributed by atoms with Gasteiger partial charge in [0.25, 0.3) is 0 Å². The van der Waals surface area contributed by atoms with Crippen LogP contribution in [0, 0.1) is 11.8 Å². The Bertz CT molecular complexity index is 294. The zero-order chi connectivity index (χ0) is 14.1. The Hall–Kier alpha value is -1.26. The molecule has 0 bridgehead atoms. The van der Waals surface area contributed by atoms with Crippen molar-refractivity contribution in [2.24, 2.45) is 11.8 Å². The lowest BCUT2D eigenvalue weighted by atomic mass is 9.79. The number of nitrogens with one attached hydrogen (secondary N) is 2. The van der Waals surface area contributed by atoms with Crippen LogP contribution < -0.4 is 10.6 Å². The average molecular weight is 270 g/mol. The molecule has 5 heteroatoms. The number of amides is 2. The van der Waals surface area contributed by atoms with Crippen molar-refractivity contribution in [3.05, 3.63) is 0 Å². The van der Waals surface area contributed by atoms with Crippen LogP contribution in [0.4, 0.5) is 4.79 Å². The normalized spacial score (nSPS) is 22.8. The molecule has 1 fully saturated rings. The van der Waals surface area contributed by atoms with Gasteiger partial charge in [0.15, 0.2) is 0 Å². The Morgan fingerprint density at radius 1 is 1.16 bits per heavy atom. The zero-order valence-corrected chi connectivity index (χ0v) is 11.8. The van der Waals surface area contributed by atoms with Gasteiger partial charge in [0.05, 0.1) is 5.92 Å². The van der Waals surface area contributed by atoms with Crippen LogP contribution >= 0.6 is 0 Å². The minimum absolute atomic E-state index is 0.0765. The summed E-state index contributed by atoms with van der Waals surface area (Å²) in [5.74, 6) is -0.948. The predicted octanol–water partition coefficient (Wildman–Crippen LogP) is 2.37. The molecule has 1 saturated carbocycles. The van der Waals surface area contributed by atoms with Gasteiger partial charge < -0.3 is 15.7 Å². The molecule has 0 saturated heterocycles. The first kappa shape index (κ1) is 15.8. The minimum Gasteiger partial charge on any atom is -0.481 e. The third-order valence-electron chi connectivity index (χ3n) is 3.82. The van der Waals surface area contributed by atoms with Gasteiger partial charge in [-0.2, -0.15) is 0 Å². The topological polar surface area (TPSA) is 78.4 Å². The van der Waals surface area contributed by atoms with Crippen molar-refractivity contribution in [2.45, 2.75) is 51.9 Å². The summed E-state index contributed by atoms with van der Waals surface area (Å²) in [4.78, 5) is 22.7. The summed E-state index contributed by atoms with van der Waals surface area (Å²) in [7, 11) is 0. The zero-order valence-electron chi connectivity index (χ0n) is 11.8. The smallest absolute Gasteiger partial charge is 0.314 e. The Balaban J connectivity index is 2.22. The largest absolute Gasteiger partial charge is 0.481 e. The van der Waals surface area contributed by atoms with E-state index in [0.717, 1.165) is 44.9 Å². The molecule has 0 aromatic carbocycles. The van der Waals surface area contributed by atoms with Crippen molar-refractivity contribution in [1.29, 1.82) is 0 Å². The van der Waals surface area contributed by atoms with Gasteiger partial charge in [0.1, 0.15) is 0 Å². The number of urea groups is 1. The van der Waals surface area contributed by atoms with Gasteiger partial charge in [0, 0.05) is 13.1 Å². The SMILES string of the molecule is CCCCCNC(=O)NCC1CCCCC1C(=O)O. The van der Waals surface area contributed by atoms with Crippen LogP contribution in [0.15, 0.2) is 0 Å². The average Bonchev–Trinajstić information content (AvgIpc) is 2.41. The number of carbonyl (C=O) groups excluding carboxylic acids is 1. The second kappa shape index (κ2) is 8.77. The molecule has 0 aromatic rings. The standard InChI is InChI=1S/C14H26N2O3/c1-2-3-6-9-15-14(19)16-10-11-7-4-5-8-12(11)13(17)18/h11-12H,2-10H2,1H3,(H,17,18)(H2,15,16,19). The van der Waals surface area contributed by atoms with Crippen molar-refractivity contribution < 1.29 is 14.7 Å². The van der Waals surface area contributed by atoms with E-state index in [0.29, 0.717) is 13.1 Å². The lowest BCUT2D eigenvalue weighted by Gasteiger charge is -2.28. The summed E-state index contributed by atoms with van der Waals surface area (Å²) in [5, 5.41) is 14.8. The van der Waals surface area contributed by atoms with Crippen LogP contribution in [0.3, 0.4) is 0 Å². The third-order valence-corrected chi connectivity index (χ3v) is 3.82. The summed E-state index contributed by atoms with van der Waals surface area (Å²) in [5.41, 5.74) is 0. The van der Waals surface area contributed by atoms with E-state index in [2.05, 4.69) is 17.6 Å². The summed E-state index contributed by atoms with van der Waals surface area (Å²) in [6, 6.07) is -0.175. The van der Waals surface area contributed by atoms with Crippen LogP contribution in [0.2, 0.25) is 0 Å². The highest BCUT2D eigenvalue weighted by Gasteiger charge is 2.30. The summed E-state index contributed by atoms with van der Waals surface area (Å²) in [6.45, 7) is 3.28. The highest BCUT2D eigenvalue weighted by Crippen LogP contribution is 2.29. The van der Waals surface area contributed by atoms with Gasteiger partial charge in [-0.05, 0) is 25.2 Å². The fourth-order valence-electron chi connectivity index (χ4n) is 2.64. The molecule has 2 atom stereocenters. The Morgan fingerprint density at radius 3 is 2.58 bits per heavy atom. The second-order valence-corrected chi connectivity index (χ2v) is 5.33. The van der Waals surface area contributed by atoms with Crippen LogP contribution in [0.5, 0.6) is 0 Å². The molecule has 1 aliphatic carbocycles. The van der Waals surface area contributed by atoms with Gasteiger partial charge in [-0.1, -0.05) is 32.6 Å². The number of aliphatic carboxylic acids is 1. The number of carboxylic acid groups (broad SMARTS) is 1. The number of rotatable bonds is 7. The number of carbonyl (C=O) groups is 2. The van der Waals surface area contributed by atoms with E-state index >= 15 is 0 Å². The Kier molecular flexibility index (Phi) is 7.30. The third kappa shape index (κ3) is 5.94. The first-order valence-corrected chi connectivity index (χ1v) is 7.39. The molecule has 0 spiro atoms. The number of hydrogen-bond donors (Lipinski definition) is 3. The highest BCUT2D eigenvalue weighted by atomic mass is 16.4. The van der Waals surface area contributed by atoms with E-state index in [9.17, 15) is 9.59 Å². The maximum absolute atomic E-state index is 11.6. The van der Waals surface area contributed by atoms with Crippen molar-refractivity contribution >= 4 is 12.0 Å². The molecule has 2 amide bonds. The quantitative estimate of drug-likeness (QED) is 0.621. The Labute approximate surface area is 115 Å². The van der Waals surface area contributed by atoms with E-state index in [4.69, 9.17) is 5.11 Å². The molecule has 5 nitrogen and oxygen atoms in total. The molecule has 1 aliphatic rings. The molecule has 0 aromatic heterocycles. The van der Waals surface area contributed by atoms with Gasteiger partial charge in [-0.3, -0.25) is 4.79 Å². The van der Waals surface area contributed by atoms with Gasteiger partial charge >= 0.3 is 12.0 Å². The van der Waals surface area contributed by atoms with Crippen molar-refractivity contribution in [3.63, 3.8) is 0 Å². The molecule has 2 unspecified atom stereocenters. The first-order chi connectivity index (χ1) is 9.15. The fourth-order valence-corrected chi connectivity index (χ4v) is 2.64. The van der Waals surface area contributed by atoms with Gasteiger partial charge in [-0.15, -0.1) is 0 Å². The minimum atomic E-state index is -0.727. The summed E-state index contributed by atoms with van der Waals surface area (Å²) >= 11 is 0. The van der Waals surface area contributed by atoms with E-state index in [-0.39, 0.29) is 17.9 Å². The Morgan fingerprint density at radius 2 is 1.89 bits per heavy atom. The van der Waals surface area contributed by atoms with Crippen LogP contribution in [0.1, 0.15) is 51.9 Å². The van der Waals surface area contributed by atoms with Crippen molar-refractivity contribution in [3.8, 4) is 0 Å². The summed E-state index contributed by atoms with van der Waals surface area (Å²) < 4.78 is 0. The molecule has 0 radical (unpaired) electrons. The van der Waals surface area contributed by atoms with Crippen molar-refractivity contribution in [2.75, 3.05) is 13.1 Å². The fraction of sp³-hybridized carbons (Fsp3) is 0.857. The molecule has 19 heavy (non-hydrogen) atoms. The van der Waals surface area contributed by atoms with E-state index in [1.54, 1.807) is 0 Å².